The van der Waals surface area contributed by atoms with Crippen LogP contribution >= 0.6 is 0 Å². The molecule has 0 atom stereocenters. The van der Waals surface area contributed by atoms with E-state index in [1.165, 1.54) is 18.2 Å². The first-order chi connectivity index (χ1) is 12.2. The highest BCUT2D eigenvalue weighted by Gasteiger charge is 2.20. The molecule has 2 aromatic carbocycles. The van der Waals surface area contributed by atoms with Gasteiger partial charge in [0.15, 0.2) is 0 Å². The number of ether oxygens (including phenoxy) is 3. The summed E-state index contributed by atoms with van der Waals surface area (Å²) in [6.07, 6.45) is -0.244. The maximum Gasteiger partial charge on any atom is 0.349 e. The maximum absolute atomic E-state index is 12.2. The smallest absolute Gasteiger partial charge is 0.349 e. The van der Waals surface area contributed by atoms with Crippen molar-refractivity contribution in [3.63, 3.8) is 0 Å². The number of carbonyl (C=O) groups is 4. The molecule has 7 heteroatoms. The van der Waals surface area contributed by atoms with Crippen molar-refractivity contribution in [2.45, 2.75) is 33.8 Å². The van der Waals surface area contributed by atoms with Crippen LogP contribution in [0.3, 0.4) is 0 Å². The van der Waals surface area contributed by atoms with Gasteiger partial charge >= 0.3 is 23.9 Å². The average Bonchev–Trinajstić information content (AvgIpc) is 2.52. The molecule has 0 fully saturated rings. The van der Waals surface area contributed by atoms with Gasteiger partial charge in [-0.15, -0.1) is 0 Å². The van der Waals surface area contributed by atoms with E-state index < -0.39 is 23.9 Å². The van der Waals surface area contributed by atoms with E-state index in [1.54, 1.807) is 26.0 Å². The van der Waals surface area contributed by atoms with Crippen LogP contribution in [0, 0.1) is 0 Å². The summed E-state index contributed by atoms with van der Waals surface area (Å²) in [5.74, 6) is -2.79. The minimum Gasteiger partial charge on any atom is -0.489 e. The van der Waals surface area contributed by atoms with E-state index in [0.717, 1.165) is 13.8 Å². The Bertz CT molecular complexity index is 896. The lowest BCUT2D eigenvalue weighted by Gasteiger charge is -2.16. The summed E-state index contributed by atoms with van der Waals surface area (Å²) in [6, 6.07) is 7.60. The molecule has 0 amide bonds. The monoisotopic (exact) mass is 358 g/mol. The van der Waals surface area contributed by atoms with E-state index in [-0.39, 0.29) is 23.0 Å². The lowest BCUT2D eigenvalue weighted by atomic mass is 10.0. The molecule has 0 aliphatic heterocycles. The summed E-state index contributed by atoms with van der Waals surface area (Å²) in [5, 5.41) is 1.15. The minimum atomic E-state index is -0.824. The highest BCUT2D eigenvalue weighted by Crippen LogP contribution is 2.32. The van der Waals surface area contributed by atoms with E-state index in [4.69, 9.17) is 4.74 Å². The predicted molar refractivity (Wildman–Crippen MR) is 91.9 cm³/mol. The summed E-state index contributed by atoms with van der Waals surface area (Å²) in [7, 11) is 0. The topological polar surface area (TPSA) is 96.0 Å². The zero-order valence-corrected chi connectivity index (χ0v) is 14.8. The summed E-state index contributed by atoms with van der Waals surface area (Å²) < 4.78 is 15.0. The second kappa shape index (κ2) is 7.77. The highest BCUT2D eigenvalue weighted by molar-refractivity contribution is 6.06. The van der Waals surface area contributed by atoms with Crippen molar-refractivity contribution in [3.05, 3.63) is 41.5 Å². The van der Waals surface area contributed by atoms with Crippen molar-refractivity contribution in [2.24, 2.45) is 0 Å². The normalized spacial score (nSPS) is 10.5. The van der Waals surface area contributed by atoms with Crippen LogP contribution in [-0.2, 0) is 19.1 Å². The fraction of sp³-hybridized carbons (Fsp3) is 0.263. The molecule has 0 radical (unpaired) electrons. The zero-order chi connectivity index (χ0) is 19.4. The third kappa shape index (κ3) is 4.44. The summed E-state index contributed by atoms with van der Waals surface area (Å²) in [5.41, 5.74) is 0.280. The maximum atomic E-state index is 12.2. The van der Waals surface area contributed by atoms with Crippen LogP contribution < -0.4 is 4.74 Å². The standard InChI is InChI=1S/C19H18O7/c1-10(2)24-17-15-7-6-14(18(22)25-11(3)20)9-13(15)5-8-16(17)19(23)26-12(4)21/h5-10H,1-4H3. The van der Waals surface area contributed by atoms with E-state index >= 15 is 0 Å². The van der Waals surface area contributed by atoms with Crippen LogP contribution in [0.25, 0.3) is 10.8 Å². The third-order valence-corrected chi connectivity index (χ3v) is 3.25. The van der Waals surface area contributed by atoms with E-state index in [2.05, 4.69) is 9.47 Å². The van der Waals surface area contributed by atoms with Crippen LogP contribution in [-0.4, -0.2) is 30.0 Å². The lowest BCUT2D eigenvalue weighted by molar-refractivity contribution is -0.136. The Kier molecular flexibility index (Phi) is 5.71. The minimum absolute atomic E-state index is 0.0977. The molecule has 136 valence electrons. The number of fused-ring (bicyclic) bond motifs is 1. The number of hydrogen-bond donors (Lipinski definition) is 0. The van der Waals surface area contributed by atoms with Gasteiger partial charge in [0.1, 0.15) is 11.3 Å². The molecule has 0 aliphatic rings. The van der Waals surface area contributed by atoms with Crippen LogP contribution in [0.2, 0.25) is 0 Å². The number of benzene rings is 2. The fourth-order valence-electron chi connectivity index (χ4n) is 2.33. The van der Waals surface area contributed by atoms with Crippen molar-refractivity contribution in [1.29, 1.82) is 0 Å². The Labute approximate surface area is 149 Å². The van der Waals surface area contributed by atoms with Gasteiger partial charge in [-0.05, 0) is 43.5 Å². The lowest BCUT2D eigenvalue weighted by Crippen LogP contribution is -2.14. The molecule has 2 aromatic rings. The van der Waals surface area contributed by atoms with E-state index in [1.807, 2.05) is 0 Å². The van der Waals surface area contributed by atoms with Crippen LogP contribution in [0.1, 0.15) is 48.4 Å². The highest BCUT2D eigenvalue weighted by atomic mass is 16.6. The van der Waals surface area contributed by atoms with E-state index in [0.29, 0.717) is 10.8 Å². The Hall–Kier alpha value is -3.22. The summed E-state index contributed by atoms with van der Waals surface area (Å²) in [6.45, 7) is 5.85. The molecule has 0 aliphatic carbocycles. The number of rotatable bonds is 4. The first-order valence-corrected chi connectivity index (χ1v) is 7.88. The summed E-state index contributed by atoms with van der Waals surface area (Å²) in [4.78, 5) is 46.0. The largest absolute Gasteiger partial charge is 0.489 e. The van der Waals surface area contributed by atoms with Gasteiger partial charge in [0.05, 0.1) is 11.7 Å². The number of hydrogen-bond acceptors (Lipinski definition) is 7. The van der Waals surface area contributed by atoms with Crippen LogP contribution in [0.15, 0.2) is 30.3 Å². The molecule has 0 unspecified atom stereocenters. The molecule has 0 aromatic heterocycles. The van der Waals surface area contributed by atoms with Gasteiger partial charge in [0.2, 0.25) is 0 Å². The molecule has 0 heterocycles. The molecule has 0 saturated heterocycles. The molecule has 0 N–H and O–H groups in total. The van der Waals surface area contributed by atoms with Gasteiger partial charge in [0, 0.05) is 19.2 Å². The van der Waals surface area contributed by atoms with Crippen molar-refractivity contribution >= 4 is 34.6 Å². The molecule has 2 rings (SSSR count). The Morgan fingerprint density at radius 1 is 0.846 bits per heavy atom. The van der Waals surface area contributed by atoms with Gasteiger partial charge in [-0.2, -0.15) is 0 Å². The third-order valence-electron chi connectivity index (χ3n) is 3.25. The van der Waals surface area contributed by atoms with Gasteiger partial charge < -0.3 is 14.2 Å². The van der Waals surface area contributed by atoms with E-state index in [9.17, 15) is 19.2 Å². The average molecular weight is 358 g/mol. The molecular formula is C19H18O7. The zero-order valence-electron chi connectivity index (χ0n) is 14.8. The summed E-state index contributed by atoms with van der Waals surface area (Å²) >= 11 is 0. The second-order valence-electron chi connectivity index (χ2n) is 5.81. The second-order valence-corrected chi connectivity index (χ2v) is 5.81. The number of esters is 4. The quantitative estimate of drug-likeness (QED) is 0.612. The fourth-order valence-corrected chi connectivity index (χ4v) is 2.33. The Morgan fingerprint density at radius 2 is 1.46 bits per heavy atom. The van der Waals surface area contributed by atoms with Crippen LogP contribution in [0.4, 0.5) is 0 Å². The van der Waals surface area contributed by atoms with Crippen molar-refractivity contribution in [3.8, 4) is 5.75 Å². The van der Waals surface area contributed by atoms with Gasteiger partial charge in [-0.25, -0.2) is 9.59 Å². The molecule has 0 bridgehead atoms. The van der Waals surface area contributed by atoms with Crippen molar-refractivity contribution < 1.29 is 33.4 Å². The molecule has 0 spiro atoms. The van der Waals surface area contributed by atoms with Gasteiger partial charge in [-0.1, -0.05) is 6.07 Å². The van der Waals surface area contributed by atoms with Crippen molar-refractivity contribution in [1.82, 2.24) is 0 Å². The number of carbonyl (C=O) groups excluding carboxylic acids is 4. The SMILES string of the molecule is CC(=O)OC(=O)c1ccc2c(OC(C)C)c(C(=O)OC(C)=O)ccc2c1. The Balaban J connectivity index is 2.56. The molecule has 0 saturated carbocycles. The molecule has 7 nitrogen and oxygen atoms in total. The first-order valence-electron chi connectivity index (χ1n) is 7.88. The predicted octanol–water partition coefficient (Wildman–Crippen LogP) is 3.03. The first kappa shape index (κ1) is 19.1. The Morgan fingerprint density at radius 3 is 2.04 bits per heavy atom. The van der Waals surface area contributed by atoms with Gasteiger partial charge in [-0.3, -0.25) is 9.59 Å². The molecular weight excluding hydrogens is 340 g/mol. The molecule has 26 heavy (non-hydrogen) atoms. The van der Waals surface area contributed by atoms with Crippen LogP contribution in [0.5, 0.6) is 5.75 Å². The van der Waals surface area contributed by atoms with Gasteiger partial charge in [0.25, 0.3) is 0 Å². The van der Waals surface area contributed by atoms with Crippen molar-refractivity contribution in [2.75, 3.05) is 0 Å².